The summed E-state index contributed by atoms with van der Waals surface area (Å²) in [5.41, 5.74) is 0.320. The van der Waals surface area contributed by atoms with Gasteiger partial charge in [0.15, 0.2) is 0 Å². The third-order valence-electron chi connectivity index (χ3n) is 2.62. The summed E-state index contributed by atoms with van der Waals surface area (Å²) in [5, 5.41) is 2.58. The van der Waals surface area contributed by atoms with Crippen LogP contribution < -0.4 is 5.32 Å². The maximum absolute atomic E-state index is 12.0. The highest BCUT2D eigenvalue weighted by Crippen LogP contribution is 2.11. The lowest BCUT2D eigenvalue weighted by Crippen LogP contribution is -2.45. The van der Waals surface area contributed by atoms with E-state index in [1.165, 1.54) is 0 Å². The van der Waals surface area contributed by atoms with Crippen LogP contribution in [-0.4, -0.2) is 30.3 Å². The van der Waals surface area contributed by atoms with Crippen LogP contribution in [0.5, 0.6) is 0 Å². The summed E-state index contributed by atoms with van der Waals surface area (Å²) in [4.78, 5) is 23.9. The molecule has 0 saturated heterocycles. The molecular formula is C16H22INO4. The Kier molecular flexibility index (Phi) is 7.12. The van der Waals surface area contributed by atoms with Gasteiger partial charge in [-0.3, -0.25) is 0 Å². The minimum absolute atomic E-state index is 0.262. The van der Waals surface area contributed by atoms with Crippen LogP contribution in [0.2, 0.25) is 0 Å². The van der Waals surface area contributed by atoms with Crippen molar-refractivity contribution in [3.05, 3.63) is 33.4 Å². The van der Waals surface area contributed by atoms with Gasteiger partial charge in [-0.25, -0.2) is 9.59 Å². The lowest BCUT2D eigenvalue weighted by molar-refractivity contribution is -0.145. The second-order valence-electron chi connectivity index (χ2n) is 5.78. The van der Waals surface area contributed by atoms with Gasteiger partial charge in [0.05, 0.1) is 6.61 Å². The first-order chi connectivity index (χ1) is 10.2. The molecule has 5 nitrogen and oxygen atoms in total. The topological polar surface area (TPSA) is 64.6 Å². The van der Waals surface area contributed by atoms with Crippen molar-refractivity contribution in [1.82, 2.24) is 5.32 Å². The summed E-state index contributed by atoms with van der Waals surface area (Å²) < 4.78 is 11.3. The first-order valence-electron chi connectivity index (χ1n) is 7.12. The van der Waals surface area contributed by atoms with E-state index in [1.807, 2.05) is 24.3 Å². The van der Waals surface area contributed by atoms with Gasteiger partial charge in [0.25, 0.3) is 0 Å². The molecule has 0 saturated carbocycles. The molecule has 1 rings (SSSR count). The Hall–Kier alpha value is -1.31. The molecular weight excluding hydrogens is 397 g/mol. The van der Waals surface area contributed by atoms with Crippen molar-refractivity contribution in [3.8, 4) is 0 Å². The molecule has 0 heterocycles. The summed E-state index contributed by atoms with van der Waals surface area (Å²) in [5.74, 6) is -0.466. The van der Waals surface area contributed by atoms with E-state index in [1.54, 1.807) is 27.7 Å². The van der Waals surface area contributed by atoms with Crippen molar-refractivity contribution < 1.29 is 19.1 Å². The van der Waals surface area contributed by atoms with Gasteiger partial charge in [-0.15, -0.1) is 0 Å². The lowest BCUT2D eigenvalue weighted by Gasteiger charge is -2.23. The molecule has 0 aliphatic heterocycles. The number of alkyl carbamates (subject to hydrolysis) is 1. The van der Waals surface area contributed by atoms with Crippen LogP contribution in [0.3, 0.4) is 0 Å². The summed E-state index contributed by atoms with van der Waals surface area (Å²) in [6, 6.07) is 6.97. The van der Waals surface area contributed by atoms with E-state index in [-0.39, 0.29) is 6.61 Å². The molecule has 1 aromatic rings. The fraction of sp³-hybridized carbons (Fsp3) is 0.500. The molecule has 122 valence electrons. The largest absolute Gasteiger partial charge is 0.464 e. The zero-order valence-corrected chi connectivity index (χ0v) is 15.5. The van der Waals surface area contributed by atoms with Crippen molar-refractivity contribution in [2.75, 3.05) is 6.61 Å². The van der Waals surface area contributed by atoms with Gasteiger partial charge in [0, 0.05) is 9.99 Å². The molecule has 0 bridgehead atoms. The monoisotopic (exact) mass is 419 g/mol. The third-order valence-corrected chi connectivity index (χ3v) is 3.33. The van der Waals surface area contributed by atoms with Crippen molar-refractivity contribution in [3.63, 3.8) is 0 Å². The molecule has 0 aliphatic rings. The SMILES string of the molecule is CCOC(=O)[C@H](Cc1ccc(I)cc1)NC(=O)OC(C)(C)C. The number of carbonyl (C=O) groups is 2. The van der Waals surface area contributed by atoms with Crippen LogP contribution in [0.25, 0.3) is 0 Å². The highest BCUT2D eigenvalue weighted by molar-refractivity contribution is 14.1. The Morgan fingerprint density at radius 2 is 1.82 bits per heavy atom. The van der Waals surface area contributed by atoms with Gasteiger partial charge >= 0.3 is 12.1 Å². The van der Waals surface area contributed by atoms with Crippen molar-refractivity contribution in [2.24, 2.45) is 0 Å². The number of benzene rings is 1. The van der Waals surface area contributed by atoms with Crippen LogP contribution in [0.4, 0.5) is 4.79 Å². The molecule has 1 N–H and O–H groups in total. The van der Waals surface area contributed by atoms with Gasteiger partial charge in [-0.05, 0) is 68.0 Å². The Morgan fingerprint density at radius 1 is 1.23 bits per heavy atom. The first-order valence-corrected chi connectivity index (χ1v) is 8.19. The van der Waals surface area contributed by atoms with Crippen LogP contribution in [-0.2, 0) is 20.7 Å². The lowest BCUT2D eigenvalue weighted by atomic mass is 10.1. The van der Waals surface area contributed by atoms with E-state index < -0.39 is 23.7 Å². The Balaban J connectivity index is 2.77. The minimum Gasteiger partial charge on any atom is -0.464 e. The van der Waals surface area contributed by atoms with Crippen LogP contribution >= 0.6 is 22.6 Å². The Morgan fingerprint density at radius 3 is 2.32 bits per heavy atom. The highest BCUT2D eigenvalue weighted by Gasteiger charge is 2.25. The second kappa shape index (κ2) is 8.36. The number of hydrogen-bond acceptors (Lipinski definition) is 4. The molecule has 0 aliphatic carbocycles. The summed E-state index contributed by atoms with van der Waals surface area (Å²) in [7, 11) is 0. The zero-order valence-electron chi connectivity index (χ0n) is 13.3. The van der Waals surface area contributed by atoms with Crippen LogP contribution in [0.15, 0.2) is 24.3 Å². The summed E-state index contributed by atoms with van der Waals surface area (Å²) >= 11 is 2.21. The number of halogens is 1. The molecule has 1 aromatic carbocycles. The second-order valence-corrected chi connectivity index (χ2v) is 7.03. The molecule has 6 heteroatoms. The highest BCUT2D eigenvalue weighted by atomic mass is 127. The van der Waals surface area contributed by atoms with Crippen LogP contribution in [0.1, 0.15) is 33.3 Å². The molecule has 1 amide bonds. The summed E-state index contributed by atoms with van der Waals surface area (Å²) in [6.07, 6.45) is -0.272. The maximum atomic E-state index is 12.0. The summed E-state index contributed by atoms with van der Waals surface area (Å²) in [6.45, 7) is 7.30. The number of nitrogens with one attached hydrogen (secondary N) is 1. The average Bonchev–Trinajstić information content (AvgIpc) is 2.38. The minimum atomic E-state index is -0.769. The molecule has 22 heavy (non-hydrogen) atoms. The first kappa shape index (κ1) is 18.7. The predicted molar refractivity (Wildman–Crippen MR) is 92.7 cm³/mol. The van der Waals surface area contributed by atoms with Crippen molar-refractivity contribution in [1.29, 1.82) is 0 Å². The normalized spacial score (nSPS) is 12.4. The number of amides is 1. The van der Waals surface area contributed by atoms with Gasteiger partial charge in [-0.1, -0.05) is 12.1 Å². The number of rotatable bonds is 5. The number of carbonyl (C=O) groups excluding carboxylic acids is 2. The van der Waals surface area contributed by atoms with E-state index in [9.17, 15) is 9.59 Å². The number of esters is 1. The predicted octanol–water partition coefficient (Wildman–Crippen LogP) is 3.29. The number of ether oxygens (including phenoxy) is 2. The van der Waals surface area contributed by atoms with Crippen molar-refractivity contribution in [2.45, 2.75) is 45.8 Å². The Labute approximate surface area is 144 Å². The molecule has 0 radical (unpaired) electrons. The maximum Gasteiger partial charge on any atom is 0.408 e. The van der Waals surface area contributed by atoms with Gasteiger partial charge in [-0.2, -0.15) is 0 Å². The number of hydrogen-bond donors (Lipinski definition) is 1. The molecule has 1 atom stereocenters. The van der Waals surface area contributed by atoms with Crippen molar-refractivity contribution >= 4 is 34.7 Å². The van der Waals surface area contributed by atoms with Gasteiger partial charge in [0.1, 0.15) is 11.6 Å². The molecule has 0 unspecified atom stereocenters. The molecule has 0 fully saturated rings. The standard InChI is InChI=1S/C16H22INO4/c1-5-21-14(19)13(18-15(20)22-16(2,3)4)10-11-6-8-12(17)9-7-11/h6-9,13H,5,10H2,1-4H3,(H,18,20)/t13-/m0/s1. The van der Waals surface area contributed by atoms with E-state index in [0.29, 0.717) is 6.42 Å². The Bertz CT molecular complexity index is 508. The quantitative estimate of drug-likeness (QED) is 0.588. The zero-order chi connectivity index (χ0) is 16.8. The molecule has 0 aromatic heterocycles. The fourth-order valence-electron chi connectivity index (χ4n) is 1.74. The van der Waals surface area contributed by atoms with E-state index in [0.717, 1.165) is 9.13 Å². The average molecular weight is 419 g/mol. The van der Waals surface area contributed by atoms with E-state index in [4.69, 9.17) is 9.47 Å². The van der Waals surface area contributed by atoms with E-state index in [2.05, 4.69) is 27.9 Å². The smallest absolute Gasteiger partial charge is 0.408 e. The van der Waals surface area contributed by atoms with E-state index >= 15 is 0 Å². The van der Waals surface area contributed by atoms with Gasteiger partial charge in [0.2, 0.25) is 0 Å². The van der Waals surface area contributed by atoms with Crippen LogP contribution in [0, 0.1) is 3.57 Å². The third kappa shape index (κ3) is 7.11. The van der Waals surface area contributed by atoms with Gasteiger partial charge < -0.3 is 14.8 Å². The molecule has 0 spiro atoms. The fourth-order valence-corrected chi connectivity index (χ4v) is 2.10.